The number of nitrogens with zero attached hydrogens (tertiary/aromatic N) is 1. The number of rotatable bonds is 2. The first-order chi connectivity index (χ1) is 13.3. The Morgan fingerprint density at radius 2 is 1.68 bits per heavy atom. The van der Waals surface area contributed by atoms with Crippen LogP contribution in [-0.2, 0) is 9.47 Å². The number of ketones is 1. The van der Waals surface area contributed by atoms with Crippen LogP contribution in [0.1, 0.15) is 44.0 Å². The second kappa shape index (κ2) is 7.28. The molecule has 1 aromatic carbocycles. The van der Waals surface area contributed by atoms with E-state index in [-0.39, 0.29) is 29.9 Å². The maximum absolute atomic E-state index is 13.2. The van der Waals surface area contributed by atoms with E-state index in [4.69, 9.17) is 18.9 Å². The Morgan fingerprint density at radius 1 is 1.04 bits per heavy atom. The van der Waals surface area contributed by atoms with Crippen LogP contribution < -0.4 is 9.47 Å². The molecule has 1 amide bonds. The average Bonchev–Trinajstić information content (AvgIpc) is 2.64. The van der Waals surface area contributed by atoms with Crippen molar-refractivity contribution < 1.29 is 28.5 Å². The van der Waals surface area contributed by atoms with E-state index in [2.05, 4.69) is 0 Å². The lowest BCUT2D eigenvalue weighted by Gasteiger charge is -2.47. The molecule has 2 saturated heterocycles. The van der Waals surface area contributed by atoms with Crippen molar-refractivity contribution in [2.75, 3.05) is 26.4 Å². The van der Waals surface area contributed by atoms with Gasteiger partial charge in [-0.15, -0.1) is 0 Å². The third kappa shape index (κ3) is 3.81. The van der Waals surface area contributed by atoms with E-state index in [1.165, 1.54) is 0 Å². The summed E-state index contributed by atoms with van der Waals surface area (Å²) in [6, 6.07) is 5.06. The molecule has 1 aromatic rings. The Hall–Kier alpha value is -2.28. The van der Waals surface area contributed by atoms with Crippen LogP contribution in [0.15, 0.2) is 18.2 Å². The summed E-state index contributed by atoms with van der Waals surface area (Å²) in [5, 5.41) is 0. The molecule has 0 N–H and O–H groups in total. The van der Waals surface area contributed by atoms with Gasteiger partial charge in [-0.2, -0.15) is 0 Å². The minimum absolute atomic E-state index is 0.0812. The molecule has 3 heterocycles. The van der Waals surface area contributed by atoms with E-state index in [9.17, 15) is 9.59 Å². The quantitative estimate of drug-likeness (QED) is 0.724. The first kappa shape index (κ1) is 19.1. The molecule has 2 bridgehead atoms. The summed E-state index contributed by atoms with van der Waals surface area (Å²) in [5.41, 5.74) is 0.0726. The number of hydrogen-bond acceptors (Lipinski definition) is 6. The lowest BCUT2D eigenvalue weighted by atomic mass is 9.81. The highest BCUT2D eigenvalue weighted by Gasteiger charge is 2.45. The highest BCUT2D eigenvalue weighted by Crippen LogP contribution is 2.36. The van der Waals surface area contributed by atoms with Crippen molar-refractivity contribution in [3.8, 4) is 11.5 Å². The largest absolute Gasteiger partial charge is 0.486 e. The topological polar surface area (TPSA) is 74.3 Å². The molecule has 2 unspecified atom stereocenters. The van der Waals surface area contributed by atoms with Crippen LogP contribution in [0.2, 0.25) is 0 Å². The van der Waals surface area contributed by atoms with E-state index < -0.39 is 5.60 Å². The number of hydrogen-bond donors (Lipinski definition) is 0. The van der Waals surface area contributed by atoms with Gasteiger partial charge in [-0.05, 0) is 51.8 Å². The van der Waals surface area contributed by atoms with Crippen LogP contribution in [0.25, 0.3) is 0 Å². The average molecular weight is 389 g/mol. The van der Waals surface area contributed by atoms with Gasteiger partial charge in [-0.3, -0.25) is 9.69 Å². The Labute approximate surface area is 164 Å². The van der Waals surface area contributed by atoms with Gasteiger partial charge in [-0.25, -0.2) is 4.79 Å². The van der Waals surface area contributed by atoms with Gasteiger partial charge < -0.3 is 18.9 Å². The van der Waals surface area contributed by atoms with E-state index in [0.29, 0.717) is 56.3 Å². The van der Waals surface area contributed by atoms with E-state index >= 15 is 0 Å². The molecular weight excluding hydrogens is 362 g/mol. The third-order valence-electron chi connectivity index (χ3n) is 5.32. The molecule has 2 atom stereocenters. The summed E-state index contributed by atoms with van der Waals surface area (Å²) in [5.74, 6) is 1.22. The minimum Gasteiger partial charge on any atom is -0.486 e. The van der Waals surface area contributed by atoms with Crippen molar-refractivity contribution in [3.63, 3.8) is 0 Å². The molecule has 7 nitrogen and oxygen atoms in total. The zero-order chi connectivity index (χ0) is 19.9. The molecule has 3 aliphatic heterocycles. The second-order valence-electron chi connectivity index (χ2n) is 8.62. The highest BCUT2D eigenvalue weighted by molar-refractivity contribution is 5.98. The van der Waals surface area contributed by atoms with Crippen molar-refractivity contribution >= 4 is 11.9 Å². The number of ether oxygens (including phenoxy) is 4. The molecule has 28 heavy (non-hydrogen) atoms. The predicted octanol–water partition coefficient (Wildman–Crippen LogP) is 3.06. The van der Waals surface area contributed by atoms with Gasteiger partial charge in [0.15, 0.2) is 17.3 Å². The highest BCUT2D eigenvalue weighted by atomic mass is 16.6. The minimum atomic E-state index is -0.551. The number of carbonyl (C=O) groups is 2. The molecule has 3 aliphatic rings. The first-order valence-corrected chi connectivity index (χ1v) is 9.85. The summed E-state index contributed by atoms with van der Waals surface area (Å²) in [4.78, 5) is 27.6. The number of benzene rings is 1. The van der Waals surface area contributed by atoms with Gasteiger partial charge >= 0.3 is 6.09 Å². The van der Waals surface area contributed by atoms with E-state index in [1.807, 2.05) is 20.8 Å². The molecule has 0 saturated carbocycles. The Morgan fingerprint density at radius 3 is 2.32 bits per heavy atom. The van der Waals surface area contributed by atoms with Crippen LogP contribution in [0.5, 0.6) is 11.5 Å². The molecule has 0 radical (unpaired) electrons. The van der Waals surface area contributed by atoms with Crippen LogP contribution in [-0.4, -0.2) is 60.9 Å². The zero-order valence-corrected chi connectivity index (χ0v) is 16.6. The molecule has 0 spiro atoms. The van der Waals surface area contributed by atoms with Crippen molar-refractivity contribution in [1.82, 2.24) is 4.90 Å². The SMILES string of the molecule is CC(C)(C)OC(=O)N1C2COCC1CC(C(=O)c1ccc3c(c1)OCCO3)C2. The normalized spacial score (nSPS) is 26.5. The lowest BCUT2D eigenvalue weighted by Crippen LogP contribution is -2.60. The van der Waals surface area contributed by atoms with E-state index in [1.54, 1.807) is 23.1 Å². The Kier molecular flexibility index (Phi) is 4.95. The zero-order valence-electron chi connectivity index (χ0n) is 16.6. The van der Waals surface area contributed by atoms with Gasteiger partial charge in [0.2, 0.25) is 0 Å². The monoisotopic (exact) mass is 389 g/mol. The number of morpholine rings is 1. The molecule has 152 valence electrons. The Balaban J connectivity index is 1.49. The van der Waals surface area contributed by atoms with Crippen LogP contribution in [0, 0.1) is 5.92 Å². The summed E-state index contributed by atoms with van der Waals surface area (Å²) < 4.78 is 22.4. The standard InChI is InChI=1S/C21H27NO6/c1-21(2,3)28-20(24)22-15-8-14(9-16(22)12-25-11-15)19(23)13-4-5-17-18(10-13)27-7-6-26-17/h4-5,10,14-16H,6-9,11-12H2,1-3H3. The van der Waals surface area contributed by atoms with Gasteiger partial charge in [0.25, 0.3) is 0 Å². The van der Waals surface area contributed by atoms with Crippen LogP contribution >= 0.6 is 0 Å². The number of amides is 1. The Bertz CT molecular complexity index is 757. The molecule has 2 fully saturated rings. The molecule has 0 aromatic heterocycles. The fourth-order valence-electron chi connectivity index (χ4n) is 4.17. The van der Waals surface area contributed by atoms with E-state index in [0.717, 1.165) is 0 Å². The fourth-order valence-corrected chi connectivity index (χ4v) is 4.17. The smallest absolute Gasteiger partial charge is 0.410 e. The fraction of sp³-hybridized carbons (Fsp3) is 0.619. The van der Waals surface area contributed by atoms with Crippen LogP contribution in [0.3, 0.4) is 0 Å². The predicted molar refractivity (Wildman–Crippen MR) is 101 cm³/mol. The summed E-state index contributed by atoms with van der Waals surface area (Å²) in [6.45, 7) is 7.44. The molecule has 0 aliphatic carbocycles. The molecule has 4 rings (SSSR count). The number of carbonyl (C=O) groups excluding carboxylic acids is 2. The number of fused-ring (bicyclic) bond motifs is 3. The van der Waals surface area contributed by atoms with Gasteiger partial charge in [0, 0.05) is 11.5 Å². The van der Waals surface area contributed by atoms with Crippen molar-refractivity contribution in [1.29, 1.82) is 0 Å². The van der Waals surface area contributed by atoms with Gasteiger partial charge in [-0.1, -0.05) is 0 Å². The molecule has 7 heteroatoms. The lowest BCUT2D eigenvalue weighted by molar-refractivity contribution is -0.0861. The number of piperidine rings is 1. The summed E-state index contributed by atoms with van der Waals surface area (Å²) >= 11 is 0. The van der Waals surface area contributed by atoms with Gasteiger partial charge in [0.05, 0.1) is 25.3 Å². The number of Topliss-reactive ketones (excluding diaryl/α,β-unsaturated/α-hetero) is 1. The maximum Gasteiger partial charge on any atom is 0.410 e. The van der Waals surface area contributed by atoms with Crippen LogP contribution in [0.4, 0.5) is 4.79 Å². The second-order valence-corrected chi connectivity index (χ2v) is 8.62. The van der Waals surface area contributed by atoms with Crippen molar-refractivity contribution in [3.05, 3.63) is 23.8 Å². The van der Waals surface area contributed by atoms with Crippen molar-refractivity contribution in [2.24, 2.45) is 5.92 Å². The summed E-state index contributed by atoms with van der Waals surface area (Å²) in [7, 11) is 0. The maximum atomic E-state index is 13.2. The van der Waals surface area contributed by atoms with Crippen molar-refractivity contribution in [2.45, 2.75) is 51.3 Å². The third-order valence-corrected chi connectivity index (χ3v) is 5.32. The van der Waals surface area contributed by atoms with Gasteiger partial charge in [0.1, 0.15) is 18.8 Å². The molecular formula is C21H27NO6. The first-order valence-electron chi connectivity index (χ1n) is 9.85. The summed E-state index contributed by atoms with van der Waals surface area (Å²) in [6.07, 6.45) is 0.822.